The Balaban J connectivity index is 2.60. The summed E-state index contributed by atoms with van der Waals surface area (Å²) in [5.41, 5.74) is 8.63. The number of hydrogen-bond donors (Lipinski definition) is 1. The van der Waals surface area contributed by atoms with Crippen molar-refractivity contribution < 1.29 is 9.47 Å². The highest BCUT2D eigenvalue weighted by Gasteiger charge is 2.37. The quantitative estimate of drug-likeness (QED) is 0.880. The van der Waals surface area contributed by atoms with Crippen LogP contribution >= 0.6 is 11.8 Å². The largest absolute Gasteiger partial charge is 0.496 e. The van der Waals surface area contributed by atoms with Crippen LogP contribution in [-0.2, 0) is 5.75 Å². The van der Waals surface area contributed by atoms with E-state index in [-0.39, 0.29) is 10.8 Å². The third kappa shape index (κ3) is 2.00. The van der Waals surface area contributed by atoms with E-state index in [9.17, 15) is 0 Å². The first-order valence-electron chi connectivity index (χ1n) is 5.64. The van der Waals surface area contributed by atoms with Gasteiger partial charge in [0.1, 0.15) is 11.5 Å². The fourth-order valence-corrected chi connectivity index (χ4v) is 3.29. The molecule has 1 unspecified atom stereocenters. The Kier molecular flexibility index (Phi) is 3.27. The van der Waals surface area contributed by atoms with Gasteiger partial charge in [-0.1, -0.05) is 0 Å². The van der Waals surface area contributed by atoms with E-state index in [0.717, 1.165) is 22.8 Å². The summed E-state index contributed by atoms with van der Waals surface area (Å²) in [6.45, 7) is 4.34. The monoisotopic (exact) mass is 253 g/mol. The third-order valence-electron chi connectivity index (χ3n) is 3.36. The van der Waals surface area contributed by atoms with Gasteiger partial charge in [0.2, 0.25) is 0 Å². The van der Waals surface area contributed by atoms with E-state index in [1.165, 1.54) is 5.56 Å². The molecule has 0 saturated heterocycles. The normalized spacial score (nSPS) is 21.8. The van der Waals surface area contributed by atoms with Crippen LogP contribution in [0.1, 0.15) is 31.0 Å². The lowest BCUT2D eigenvalue weighted by molar-refractivity contribution is 0.385. The van der Waals surface area contributed by atoms with Crippen molar-refractivity contribution in [2.45, 2.75) is 30.4 Å². The zero-order chi connectivity index (χ0) is 12.6. The molecule has 2 N–H and O–H groups in total. The highest BCUT2D eigenvalue weighted by Crippen LogP contribution is 2.49. The minimum atomic E-state index is -0.0405. The molecular weight excluding hydrogens is 234 g/mol. The molecule has 0 amide bonds. The van der Waals surface area contributed by atoms with Crippen LogP contribution in [0.25, 0.3) is 0 Å². The first kappa shape index (κ1) is 12.6. The molecule has 0 aromatic heterocycles. The Morgan fingerprint density at radius 2 is 1.82 bits per heavy atom. The molecule has 4 heteroatoms. The van der Waals surface area contributed by atoms with Crippen LogP contribution in [-0.4, -0.2) is 19.0 Å². The summed E-state index contributed by atoms with van der Waals surface area (Å²) in [5, 5.41) is 0. The van der Waals surface area contributed by atoms with E-state index < -0.39 is 0 Å². The molecule has 1 aromatic carbocycles. The minimum Gasteiger partial charge on any atom is -0.496 e. The van der Waals surface area contributed by atoms with Crippen molar-refractivity contribution in [3.05, 3.63) is 23.3 Å². The Labute approximate surface area is 107 Å². The number of benzene rings is 1. The zero-order valence-electron chi connectivity index (χ0n) is 10.7. The first-order valence-corrected chi connectivity index (χ1v) is 6.63. The molecule has 0 bridgehead atoms. The minimum absolute atomic E-state index is 0.0205. The van der Waals surface area contributed by atoms with E-state index in [1.807, 2.05) is 23.9 Å². The molecule has 1 aromatic rings. The maximum Gasteiger partial charge on any atom is 0.124 e. The van der Waals surface area contributed by atoms with E-state index in [4.69, 9.17) is 15.2 Å². The molecule has 3 nitrogen and oxygen atoms in total. The standard InChI is InChI=1S/C13H19NO2S/c1-13(2)12(14)11-8(7-17-13)9(15-3)5-6-10(11)16-4/h5-6,12H,7,14H2,1-4H3. The summed E-state index contributed by atoms with van der Waals surface area (Å²) in [6.07, 6.45) is 0. The van der Waals surface area contributed by atoms with Crippen molar-refractivity contribution in [2.75, 3.05) is 14.2 Å². The molecule has 0 spiro atoms. The van der Waals surface area contributed by atoms with Crippen LogP contribution in [0.15, 0.2) is 12.1 Å². The molecule has 0 radical (unpaired) electrons. The first-order chi connectivity index (χ1) is 8.01. The number of ether oxygens (including phenoxy) is 2. The van der Waals surface area contributed by atoms with Gasteiger partial charge in [-0.25, -0.2) is 0 Å². The van der Waals surface area contributed by atoms with Gasteiger partial charge in [-0.05, 0) is 26.0 Å². The summed E-state index contributed by atoms with van der Waals surface area (Å²) in [5.74, 6) is 2.68. The smallest absolute Gasteiger partial charge is 0.124 e. The molecule has 94 valence electrons. The molecule has 0 saturated carbocycles. The molecule has 1 aliphatic rings. The molecule has 0 aliphatic carbocycles. The van der Waals surface area contributed by atoms with Gasteiger partial charge >= 0.3 is 0 Å². The molecule has 2 rings (SSSR count). The molecular formula is C13H19NO2S. The molecule has 1 heterocycles. The van der Waals surface area contributed by atoms with Crippen LogP contribution in [0.3, 0.4) is 0 Å². The second kappa shape index (κ2) is 4.42. The zero-order valence-corrected chi connectivity index (χ0v) is 11.6. The summed E-state index contributed by atoms with van der Waals surface area (Å²) < 4.78 is 10.9. The number of nitrogens with two attached hydrogens (primary N) is 1. The van der Waals surface area contributed by atoms with Crippen molar-refractivity contribution in [2.24, 2.45) is 5.73 Å². The Bertz CT molecular complexity index is 432. The molecule has 0 fully saturated rings. The van der Waals surface area contributed by atoms with Crippen LogP contribution in [0.4, 0.5) is 0 Å². The summed E-state index contributed by atoms with van der Waals surface area (Å²) in [4.78, 5) is 0. The molecule has 1 atom stereocenters. The second-order valence-corrected chi connectivity index (χ2v) is 6.36. The predicted molar refractivity (Wildman–Crippen MR) is 71.8 cm³/mol. The maximum atomic E-state index is 6.37. The van der Waals surface area contributed by atoms with Crippen molar-refractivity contribution in [3.63, 3.8) is 0 Å². The number of methoxy groups -OCH3 is 2. The summed E-state index contributed by atoms with van der Waals surface area (Å²) in [6, 6.07) is 3.84. The van der Waals surface area contributed by atoms with Crippen molar-refractivity contribution in [3.8, 4) is 11.5 Å². The van der Waals surface area contributed by atoms with Gasteiger partial charge in [0.05, 0.1) is 14.2 Å². The van der Waals surface area contributed by atoms with Gasteiger partial charge in [-0.15, -0.1) is 11.8 Å². The SMILES string of the molecule is COc1ccc(OC)c2c1CSC(C)(C)C2N. The van der Waals surface area contributed by atoms with E-state index in [0.29, 0.717) is 0 Å². The Morgan fingerprint density at radius 3 is 2.41 bits per heavy atom. The van der Waals surface area contributed by atoms with Crippen molar-refractivity contribution >= 4 is 11.8 Å². The van der Waals surface area contributed by atoms with Gasteiger partial charge in [0, 0.05) is 27.7 Å². The van der Waals surface area contributed by atoms with Gasteiger partial charge < -0.3 is 15.2 Å². The summed E-state index contributed by atoms with van der Waals surface area (Å²) in [7, 11) is 3.38. The topological polar surface area (TPSA) is 44.5 Å². The second-order valence-electron chi connectivity index (χ2n) is 4.73. The third-order valence-corrected chi connectivity index (χ3v) is 4.79. The Hall–Kier alpha value is -0.870. The number of thioether (sulfide) groups is 1. The maximum absolute atomic E-state index is 6.37. The lowest BCUT2D eigenvalue weighted by Gasteiger charge is -2.38. The van der Waals surface area contributed by atoms with Crippen LogP contribution in [0, 0.1) is 0 Å². The average molecular weight is 253 g/mol. The summed E-state index contributed by atoms with van der Waals surface area (Å²) >= 11 is 1.86. The fourth-order valence-electron chi connectivity index (χ4n) is 2.18. The lowest BCUT2D eigenvalue weighted by Crippen LogP contribution is -2.36. The van der Waals surface area contributed by atoms with Crippen molar-refractivity contribution in [1.29, 1.82) is 0 Å². The van der Waals surface area contributed by atoms with Crippen LogP contribution in [0.5, 0.6) is 11.5 Å². The van der Waals surface area contributed by atoms with E-state index in [2.05, 4.69) is 13.8 Å². The Morgan fingerprint density at radius 1 is 1.24 bits per heavy atom. The van der Waals surface area contributed by atoms with Crippen molar-refractivity contribution in [1.82, 2.24) is 0 Å². The van der Waals surface area contributed by atoms with Crippen LogP contribution in [0.2, 0.25) is 0 Å². The van der Waals surface area contributed by atoms with Crippen LogP contribution < -0.4 is 15.2 Å². The average Bonchev–Trinajstić information content (AvgIpc) is 2.32. The number of rotatable bonds is 2. The fraction of sp³-hybridized carbons (Fsp3) is 0.538. The predicted octanol–water partition coefficient (Wildman–Crippen LogP) is 2.73. The van der Waals surface area contributed by atoms with E-state index >= 15 is 0 Å². The van der Waals surface area contributed by atoms with Gasteiger partial charge in [0.25, 0.3) is 0 Å². The lowest BCUT2D eigenvalue weighted by atomic mass is 9.90. The number of fused-ring (bicyclic) bond motifs is 1. The van der Waals surface area contributed by atoms with Gasteiger partial charge in [-0.3, -0.25) is 0 Å². The van der Waals surface area contributed by atoms with Gasteiger partial charge in [0.15, 0.2) is 0 Å². The van der Waals surface area contributed by atoms with Gasteiger partial charge in [-0.2, -0.15) is 0 Å². The van der Waals surface area contributed by atoms with E-state index in [1.54, 1.807) is 14.2 Å². The number of hydrogen-bond acceptors (Lipinski definition) is 4. The highest BCUT2D eigenvalue weighted by molar-refractivity contribution is 8.00. The molecule has 17 heavy (non-hydrogen) atoms. The molecule has 1 aliphatic heterocycles. The highest BCUT2D eigenvalue weighted by atomic mass is 32.2.